The van der Waals surface area contributed by atoms with Crippen molar-refractivity contribution in [2.75, 3.05) is 32.2 Å². The highest BCUT2D eigenvalue weighted by atomic mass is 16.5. The Hall–Kier alpha value is -2.30. The number of hydrogen-bond acceptors (Lipinski definition) is 5. The number of carbonyl (C=O) groups excluding carboxylic acids is 1. The monoisotopic (exact) mass is 300 g/mol. The van der Waals surface area contributed by atoms with Crippen LogP contribution in [0.15, 0.2) is 30.3 Å². The summed E-state index contributed by atoms with van der Waals surface area (Å²) in [5, 5.41) is 1.09. The number of aromatic nitrogens is 1. The van der Waals surface area contributed by atoms with Crippen LogP contribution in [0.25, 0.3) is 10.9 Å². The van der Waals surface area contributed by atoms with Gasteiger partial charge in [-0.15, -0.1) is 0 Å². The Bertz CT molecular complexity index is 679. The summed E-state index contributed by atoms with van der Waals surface area (Å²) < 4.78 is 9.98. The molecular weight excluding hydrogens is 280 g/mol. The Balaban J connectivity index is 1.76. The van der Waals surface area contributed by atoms with E-state index in [1.807, 2.05) is 18.2 Å². The van der Waals surface area contributed by atoms with Crippen LogP contribution in [0, 0.1) is 5.92 Å². The van der Waals surface area contributed by atoms with Gasteiger partial charge in [0.1, 0.15) is 0 Å². The highest BCUT2D eigenvalue weighted by molar-refractivity contribution is 5.83. The number of ether oxygens (including phenoxy) is 2. The first-order valence-electron chi connectivity index (χ1n) is 7.49. The second-order valence-electron chi connectivity index (χ2n) is 5.52. The van der Waals surface area contributed by atoms with E-state index in [1.165, 1.54) is 12.8 Å². The van der Waals surface area contributed by atoms with Crippen LogP contribution in [0.4, 0.5) is 5.69 Å². The lowest BCUT2D eigenvalue weighted by Crippen LogP contribution is -2.36. The Labute approximate surface area is 129 Å². The molecule has 2 heterocycles. The molecule has 0 spiro atoms. The molecule has 5 heteroatoms. The van der Waals surface area contributed by atoms with Crippen LogP contribution in [0.3, 0.4) is 0 Å². The molecule has 0 atom stereocenters. The molecule has 1 aromatic carbocycles. The maximum Gasteiger partial charge on any atom is 0.308 e. The number of hydrogen-bond donors (Lipinski definition) is 0. The maximum absolute atomic E-state index is 11.6. The lowest BCUT2D eigenvalue weighted by molar-refractivity contribution is -0.146. The van der Waals surface area contributed by atoms with Crippen molar-refractivity contribution < 1.29 is 14.3 Å². The second-order valence-corrected chi connectivity index (χ2v) is 5.52. The van der Waals surface area contributed by atoms with E-state index >= 15 is 0 Å². The predicted octanol–water partition coefficient (Wildman–Crippen LogP) is 2.63. The Morgan fingerprint density at radius 1 is 1.18 bits per heavy atom. The maximum atomic E-state index is 11.6. The zero-order chi connectivity index (χ0) is 15.5. The van der Waals surface area contributed by atoms with Crippen molar-refractivity contribution >= 4 is 22.6 Å². The lowest BCUT2D eigenvalue weighted by atomic mass is 9.96. The third-order valence-corrected chi connectivity index (χ3v) is 4.25. The number of carbonyl (C=O) groups is 1. The molecule has 1 fully saturated rings. The predicted molar refractivity (Wildman–Crippen MR) is 85.2 cm³/mol. The van der Waals surface area contributed by atoms with Crippen molar-refractivity contribution in [3.8, 4) is 5.88 Å². The molecule has 0 unspecified atom stereocenters. The fraction of sp³-hybridized carbons (Fsp3) is 0.412. The highest BCUT2D eigenvalue weighted by Crippen LogP contribution is 2.27. The molecule has 0 radical (unpaired) electrons. The van der Waals surface area contributed by atoms with E-state index < -0.39 is 0 Å². The number of pyridine rings is 1. The number of benzene rings is 1. The molecule has 5 nitrogen and oxygen atoms in total. The van der Waals surface area contributed by atoms with E-state index in [9.17, 15) is 4.79 Å². The van der Waals surface area contributed by atoms with Crippen LogP contribution in [0.5, 0.6) is 5.88 Å². The zero-order valence-electron chi connectivity index (χ0n) is 12.9. The van der Waals surface area contributed by atoms with Crippen molar-refractivity contribution in [2.45, 2.75) is 12.8 Å². The van der Waals surface area contributed by atoms with E-state index in [0.29, 0.717) is 5.88 Å². The van der Waals surface area contributed by atoms with Crippen LogP contribution in [-0.4, -0.2) is 38.3 Å². The summed E-state index contributed by atoms with van der Waals surface area (Å²) in [6.07, 6.45) is 1.68. The van der Waals surface area contributed by atoms with Gasteiger partial charge in [0.15, 0.2) is 0 Å². The molecule has 0 N–H and O–H groups in total. The molecule has 2 aromatic rings. The summed E-state index contributed by atoms with van der Waals surface area (Å²) in [5.74, 6) is 0.571. The first-order chi connectivity index (χ1) is 10.7. The van der Waals surface area contributed by atoms with Gasteiger partial charge in [0, 0.05) is 30.2 Å². The molecule has 1 aromatic heterocycles. The molecular formula is C17H20N2O3. The quantitative estimate of drug-likeness (QED) is 0.816. The van der Waals surface area contributed by atoms with Gasteiger partial charge >= 0.3 is 5.97 Å². The SMILES string of the molecule is COC(=O)C1CCN(c2ccc3nc(OC)ccc3c2)CC1. The van der Waals surface area contributed by atoms with Crippen molar-refractivity contribution in [3.63, 3.8) is 0 Å². The molecule has 1 aliphatic rings. The summed E-state index contributed by atoms with van der Waals surface area (Å²) in [5.41, 5.74) is 2.09. The Morgan fingerprint density at radius 2 is 1.95 bits per heavy atom. The van der Waals surface area contributed by atoms with Crippen LogP contribution < -0.4 is 9.64 Å². The van der Waals surface area contributed by atoms with E-state index in [-0.39, 0.29) is 11.9 Å². The van der Waals surface area contributed by atoms with Crippen molar-refractivity contribution in [1.29, 1.82) is 0 Å². The topological polar surface area (TPSA) is 51.7 Å². The Kier molecular flexibility index (Phi) is 4.13. The van der Waals surface area contributed by atoms with Gasteiger partial charge < -0.3 is 14.4 Å². The van der Waals surface area contributed by atoms with Gasteiger partial charge in [0.2, 0.25) is 5.88 Å². The van der Waals surface area contributed by atoms with Crippen LogP contribution in [0.1, 0.15) is 12.8 Å². The molecule has 3 rings (SSSR count). The average molecular weight is 300 g/mol. The number of piperidine rings is 1. The van der Waals surface area contributed by atoms with E-state index in [4.69, 9.17) is 9.47 Å². The van der Waals surface area contributed by atoms with Gasteiger partial charge in [-0.05, 0) is 37.1 Å². The third-order valence-electron chi connectivity index (χ3n) is 4.25. The van der Waals surface area contributed by atoms with E-state index in [1.54, 1.807) is 7.11 Å². The summed E-state index contributed by atoms with van der Waals surface area (Å²) in [6.45, 7) is 1.74. The Morgan fingerprint density at radius 3 is 2.64 bits per heavy atom. The van der Waals surface area contributed by atoms with Crippen molar-refractivity contribution in [1.82, 2.24) is 4.98 Å². The first kappa shape index (κ1) is 14.6. The van der Waals surface area contributed by atoms with Gasteiger partial charge in [-0.1, -0.05) is 0 Å². The minimum absolute atomic E-state index is 0.0348. The molecule has 0 bridgehead atoms. The summed E-state index contributed by atoms with van der Waals surface area (Å²) >= 11 is 0. The fourth-order valence-corrected chi connectivity index (χ4v) is 2.94. The highest BCUT2D eigenvalue weighted by Gasteiger charge is 2.25. The number of esters is 1. The summed E-state index contributed by atoms with van der Waals surface area (Å²) in [4.78, 5) is 18.3. The normalized spacial score (nSPS) is 15.8. The van der Waals surface area contributed by atoms with Gasteiger partial charge in [0.05, 0.1) is 25.7 Å². The number of anilines is 1. The zero-order valence-corrected chi connectivity index (χ0v) is 12.9. The smallest absolute Gasteiger partial charge is 0.308 e. The number of methoxy groups -OCH3 is 2. The largest absolute Gasteiger partial charge is 0.481 e. The van der Waals surface area contributed by atoms with E-state index in [2.05, 4.69) is 22.0 Å². The number of nitrogens with zero attached hydrogens (tertiary/aromatic N) is 2. The fourth-order valence-electron chi connectivity index (χ4n) is 2.94. The van der Waals surface area contributed by atoms with Crippen molar-refractivity contribution in [2.24, 2.45) is 5.92 Å². The molecule has 116 valence electrons. The van der Waals surface area contributed by atoms with Crippen LogP contribution >= 0.6 is 0 Å². The van der Waals surface area contributed by atoms with Crippen molar-refractivity contribution in [3.05, 3.63) is 30.3 Å². The molecule has 0 aliphatic carbocycles. The first-order valence-corrected chi connectivity index (χ1v) is 7.49. The minimum atomic E-state index is -0.0885. The standard InChI is InChI=1S/C17H20N2O3/c1-21-16-6-3-13-11-14(4-5-15(13)18-16)19-9-7-12(8-10-19)17(20)22-2/h3-6,11-12H,7-10H2,1-2H3. The average Bonchev–Trinajstić information content (AvgIpc) is 2.60. The summed E-state index contributed by atoms with van der Waals surface area (Å²) in [6, 6.07) is 10.1. The molecule has 22 heavy (non-hydrogen) atoms. The second kappa shape index (κ2) is 6.22. The summed E-state index contributed by atoms with van der Waals surface area (Å²) in [7, 11) is 3.08. The molecule has 1 aliphatic heterocycles. The lowest BCUT2D eigenvalue weighted by Gasteiger charge is -2.32. The van der Waals surface area contributed by atoms with E-state index in [0.717, 1.165) is 36.8 Å². The molecule has 1 saturated heterocycles. The van der Waals surface area contributed by atoms with Crippen LogP contribution in [0.2, 0.25) is 0 Å². The minimum Gasteiger partial charge on any atom is -0.481 e. The molecule has 0 saturated carbocycles. The third kappa shape index (κ3) is 2.84. The number of rotatable bonds is 3. The van der Waals surface area contributed by atoms with Gasteiger partial charge in [0.25, 0.3) is 0 Å². The van der Waals surface area contributed by atoms with Crippen LogP contribution in [-0.2, 0) is 9.53 Å². The van der Waals surface area contributed by atoms with Gasteiger partial charge in [-0.25, -0.2) is 4.98 Å². The van der Waals surface area contributed by atoms with Gasteiger partial charge in [-0.2, -0.15) is 0 Å². The number of fused-ring (bicyclic) bond motifs is 1. The molecule has 0 amide bonds. The van der Waals surface area contributed by atoms with Gasteiger partial charge in [-0.3, -0.25) is 4.79 Å².